The summed E-state index contributed by atoms with van der Waals surface area (Å²) in [6.07, 6.45) is 4.10. The van der Waals surface area contributed by atoms with E-state index in [0.717, 1.165) is 18.8 Å². The number of halogens is 2. The number of hydrogen-bond donors (Lipinski definition) is 1. The molecule has 126 valence electrons. The largest absolute Gasteiger partial charge is 0.371 e. The molecule has 0 spiro atoms. The van der Waals surface area contributed by atoms with Crippen LogP contribution in [0.2, 0.25) is 10.0 Å². The van der Waals surface area contributed by atoms with Crippen molar-refractivity contribution in [2.45, 2.75) is 19.8 Å². The number of piperidine rings is 1. The van der Waals surface area contributed by atoms with Crippen molar-refractivity contribution in [3.05, 3.63) is 52.3 Å². The van der Waals surface area contributed by atoms with Crippen molar-refractivity contribution < 1.29 is 4.79 Å². The summed E-state index contributed by atoms with van der Waals surface area (Å²) < 4.78 is 0. The van der Waals surface area contributed by atoms with E-state index in [2.05, 4.69) is 22.1 Å². The molecule has 1 aromatic carbocycles. The lowest BCUT2D eigenvalue weighted by molar-refractivity contribution is 0.102. The molecular formula is C18H19Cl2N3O. The molecule has 0 saturated carbocycles. The highest BCUT2D eigenvalue weighted by molar-refractivity contribution is 6.35. The van der Waals surface area contributed by atoms with Crippen LogP contribution in [0.15, 0.2) is 36.5 Å². The molecule has 4 nitrogen and oxygen atoms in total. The Kier molecular flexibility index (Phi) is 5.27. The zero-order chi connectivity index (χ0) is 17.1. The van der Waals surface area contributed by atoms with Gasteiger partial charge in [0.25, 0.3) is 5.91 Å². The maximum Gasteiger partial charge on any atom is 0.274 e. The molecule has 1 aromatic heterocycles. The summed E-state index contributed by atoms with van der Waals surface area (Å²) in [6, 6.07) is 8.71. The first-order chi connectivity index (χ1) is 11.5. The third-order valence-corrected chi connectivity index (χ3v) is 4.56. The average Bonchev–Trinajstić information content (AvgIpc) is 2.54. The molecule has 0 aliphatic carbocycles. The van der Waals surface area contributed by atoms with Gasteiger partial charge in [-0.3, -0.25) is 9.78 Å². The number of nitrogens with one attached hydrogen (secondary N) is 1. The number of rotatable bonds is 3. The first kappa shape index (κ1) is 17.1. The summed E-state index contributed by atoms with van der Waals surface area (Å²) in [6.45, 7) is 4.28. The first-order valence-corrected chi connectivity index (χ1v) is 8.75. The van der Waals surface area contributed by atoms with E-state index in [4.69, 9.17) is 23.2 Å². The molecule has 1 amide bonds. The Morgan fingerprint density at radius 2 is 2.00 bits per heavy atom. The quantitative estimate of drug-likeness (QED) is 0.845. The van der Waals surface area contributed by atoms with Gasteiger partial charge in [0.15, 0.2) is 0 Å². The average molecular weight is 364 g/mol. The second kappa shape index (κ2) is 7.41. The van der Waals surface area contributed by atoms with Crippen molar-refractivity contribution in [3.63, 3.8) is 0 Å². The Morgan fingerprint density at radius 1 is 1.25 bits per heavy atom. The summed E-state index contributed by atoms with van der Waals surface area (Å²) in [4.78, 5) is 19.0. The van der Waals surface area contributed by atoms with Crippen LogP contribution >= 0.6 is 23.2 Å². The number of pyridine rings is 1. The topological polar surface area (TPSA) is 45.2 Å². The monoisotopic (exact) mass is 363 g/mol. The van der Waals surface area contributed by atoms with E-state index in [1.807, 2.05) is 12.1 Å². The van der Waals surface area contributed by atoms with E-state index >= 15 is 0 Å². The lowest BCUT2D eigenvalue weighted by atomic mass is 10.00. The molecule has 1 fully saturated rings. The third-order valence-electron chi connectivity index (χ3n) is 4.12. The van der Waals surface area contributed by atoms with Gasteiger partial charge in [-0.1, -0.05) is 30.1 Å². The lowest BCUT2D eigenvalue weighted by Gasteiger charge is -2.32. The van der Waals surface area contributed by atoms with E-state index in [0.29, 0.717) is 27.3 Å². The Hall–Kier alpha value is -1.78. The Balaban J connectivity index is 1.76. The molecule has 0 radical (unpaired) electrons. The van der Waals surface area contributed by atoms with Gasteiger partial charge in [0.2, 0.25) is 0 Å². The van der Waals surface area contributed by atoms with Crippen molar-refractivity contribution in [1.29, 1.82) is 0 Å². The van der Waals surface area contributed by atoms with Crippen LogP contribution in [0.1, 0.15) is 30.3 Å². The zero-order valence-electron chi connectivity index (χ0n) is 13.4. The van der Waals surface area contributed by atoms with Gasteiger partial charge in [-0.05, 0) is 49.1 Å². The van der Waals surface area contributed by atoms with Crippen molar-refractivity contribution in [2.75, 3.05) is 23.3 Å². The normalized spacial score (nSPS) is 17.6. The predicted molar refractivity (Wildman–Crippen MR) is 99.3 cm³/mol. The van der Waals surface area contributed by atoms with Crippen LogP contribution in [0.3, 0.4) is 0 Å². The summed E-state index contributed by atoms with van der Waals surface area (Å²) >= 11 is 11.9. The van der Waals surface area contributed by atoms with Crippen LogP contribution < -0.4 is 10.2 Å². The molecule has 1 atom stereocenters. The third kappa shape index (κ3) is 4.19. The fourth-order valence-corrected chi connectivity index (χ4v) is 3.51. The molecule has 1 N–H and O–H groups in total. The van der Waals surface area contributed by atoms with E-state index < -0.39 is 0 Å². The van der Waals surface area contributed by atoms with Crippen LogP contribution in [-0.2, 0) is 0 Å². The van der Waals surface area contributed by atoms with Crippen LogP contribution in [-0.4, -0.2) is 24.0 Å². The van der Waals surface area contributed by atoms with Crippen LogP contribution in [0, 0.1) is 5.92 Å². The Labute approximate surface area is 151 Å². The number of amides is 1. The summed E-state index contributed by atoms with van der Waals surface area (Å²) in [7, 11) is 0. The van der Waals surface area contributed by atoms with Gasteiger partial charge in [0.1, 0.15) is 5.69 Å². The summed E-state index contributed by atoms with van der Waals surface area (Å²) in [5.74, 6) is 0.387. The standard InChI is InChI=1S/C18H19Cl2N3O/c1-12-3-2-6-23(11-12)16-4-5-21-17(10-16)18(24)22-15-8-13(19)7-14(20)9-15/h4-5,7-10,12H,2-3,6,11H2,1H3,(H,22,24). The minimum absolute atomic E-state index is 0.278. The van der Waals surface area contributed by atoms with Gasteiger partial charge in [-0.15, -0.1) is 0 Å². The first-order valence-electron chi connectivity index (χ1n) is 8.00. The van der Waals surface area contributed by atoms with Crippen molar-refractivity contribution in [1.82, 2.24) is 4.98 Å². The van der Waals surface area contributed by atoms with Crippen molar-refractivity contribution in [3.8, 4) is 0 Å². The number of nitrogens with zero attached hydrogens (tertiary/aromatic N) is 2. The number of hydrogen-bond acceptors (Lipinski definition) is 3. The molecule has 24 heavy (non-hydrogen) atoms. The predicted octanol–water partition coefficient (Wildman–Crippen LogP) is 4.88. The van der Waals surface area contributed by atoms with Gasteiger partial charge in [-0.25, -0.2) is 0 Å². The zero-order valence-corrected chi connectivity index (χ0v) is 14.9. The van der Waals surface area contributed by atoms with Crippen LogP contribution in [0.25, 0.3) is 0 Å². The molecule has 3 rings (SSSR count). The van der Waals surface area contributed by atoms with Gasteiger partial charge < -0.3 is 10.2 Å². The number of aromatic nitrogens is 1. The molecule has 1 unspecified atom stereocenters. The number of anilines is 2. The maximum atomic E-state index is 12.5. The summed E-state index contributed by atoms with van der Waals surface area (Å²) in [5, 5.41) is 3.74. The second-order valence-electron chi connectivity index (χ2n) is 6.20. The summed E-state index contributed by atoms with van der Waals surface area (Å²) in [5.41, 5.74) is 1.96. The van der Waals surface area contributed by atoms with E-state index in [9.17, 15) is 4.79 Å². The van der Waals surface area contributed by atoms with Crippen LogP contribution in [0.5, 0.6) is 0 Å². The highest BCUT2D eigenvalue weighted by atomic mass is 35.5. The highest BCUT2D eigenvalue weighted by Crippen LogP contribution is 2.25. The second-order valence-corrected chi connectivity index (χ2v) is 7.08. The minimum atomic E-state index is -0.278. The lowest BCUT2D eigenvalue weighted by Crippen LogP contribution is -2.34. The van der Waals surface area contributed by atoms with Gasteiger partial charge >= 0.3 is 0 Å². The maximum absolute atomic E-state index is 12.5. The van der Waals surface area contributed by atoms with Crippen molar-refractivity contribution in [2.24, 2.45) is 5.92 Å². The van der Waals surface area contributed by atoms with Gasteiger partial charge in [0, 0.05) is 40.7 Å². The number of carbonyl (C=O) groups is 1. The molecule has 2 aromatic rings. The molecule has 6 heteroatoms. The molecule has 2 heterocycles. The van der Waals surface area contributed by atoms with E-state index in [1.165, 1.54) is 12.8 Å². The minimum Gasteiger partial charge on any atom is -0.371 e. The van der Waals surface area contributed by atoms with Crippen molar-refractivity contribution >= 4 is 40.5 Å². The van der Waals surface area contributed by atoms with Crippen LogP contribution in [0.4, 0.5) is 11.4 Å². The van der Waals surface area contributed by atoms with E-state index in [-0.39, 0.29) is 5.91 Å². The molecule has 1 aliphatic rings. The fraction of sp³-hybridized carbons (Fsp3) is 0.333. The fourth-order valence-electron chi connectivity index (χ4n) is 2.99. The molecule has 1 aliphatic heterocycles. The number of benzene rings is 1. The Morgan fingerprint density at radius 3 is 2.71 bits per heavy atom. The van der Waals surface area contributed by atoms with Gasteiger partial charge in [-0.2, -0.15) is 0 Å². The van der Waals surface area contributed by atoms with Gasteiger partial charge in [0.05, 0.1) is 0 Å². The smallest absolute Gasteiger partial charge is 0.274 e. The molecular weight excluding hydrogens is 345 g/mol. The Bertz CT molecular complexity index is 731. The number of carbonyl (C=O) groups excluding carboxylic acids is 1. The SMILES string of the molecule is CC1CCCN(c2ccnc(C(=O)Nc3cc(Cl)cc(Cl)c3)c2)C1. The molecule has 0 bridgehead atoms. The molecule has 1 saturated heterocycles. The highest BCUT2D eigenvalue weighted by Gasteiger charge is 2.18. The van der Waals surface area contributed by atoms with E-state index in [1.54, 1.807) is 24.4 Å².